The van der Waals surface area contributed by atoms with E-state index in [1.54, 1.807) is 37.3 Å². The van der Waals surface area contributed by atoms with Crippen molar-refractivity contribution in [1.82, 2.24) is 0 Å². The molecule has 0 aromatic heterocycles. The van der Waals surface area contributed by atoms with Gasteiger partial charge in [0.25, 0.3) is 5.69 Å². The number of rotatable bonds is 4. The Bertz CT molecular complexity index is 697. The first kappa shape index (κ1) is 15.3. The van der Waals surface area contributed by atoms with Crippen molar-refractivity contribution in [3.05, 3.63) is 68.2 Å². The molecule has 0 saturated heterocycles. The summed E-state index contributed by atoms with van der Waals surface area (Å²) >= 11 is 11.8. The first-order chi connectivity index (χ1) is 9.95. The van der Waals surface area contributed by atoms with Gasteiger partial charge in [-0.25, -0.2) is 0 Å². The van der Waals surface area contributed by atoms with Crippen LogP contribution in [0, 0.1) is 10.1 Å². The van der Waals surface area contributed by atoms with Gasteiger partial charge in [0.15, 0.2) is 0 Å². The van der Waals surface area contributed by atoms with Crippen LogP contribution in [0.25, 0.3) is 0 Å². The van der Waals surface area contributed by atoms with E-state index in [2.05, 4.69) is 10.5 Å². The molecule has 2 aromatic carbocycles. The molecule has 1 N–H and O–H groups in total. The maximum absolute atomic E-state index is 10.8. The SMILES string of the molecule is C/C(=N/Nc1cc(Cl)cc(Cl)c1)c1cccc([N+](=O)[O-])c1. The van der Waals surface area contributed by atoms with Gasteiger partial charge in [0.2, 0.25) is 0 Å². The first-order valence-electron chi connectivity index (χ1n) is 5.97. The van der Waals surface area contributed by atoms with Gasteiger partial charge < -0.3 is 0 Å². The van der Waals surface area contributed by atoms with E-state index in [-0.39, 0.29) is 5.69 Å². The fourth-order valence-electron chi connectivity index (χ4n) is 1.68. The molecule has 0 heterocycles. The molecular formula is C14H11Cl2N3O2. The minimum Gasteiger partial charge on any atom is -0.278 e. The Labute approximate surface area is 131 Å². The summed E-state index contributed by atoms with van der Waals surface area (Å²) in [6, 6.07) is 11.2. The number of halogens is 2. The fraction of sp³-hybridized carbons (Fsp3) is 0.0714. The van der Waals surface area contributed by atoms with Gasteiger partial charge in [-0.15, -0.1) is 0 Å². The number of nitrogens with zero attached hydrogens (tertiary/aromatic N) is 2. The van der Waals surface area contributed by atoms with E-state index < -0.39 is 4.92 Å². The van der Waals surface area contributed by atoms with E-state index in [1.165, 1.54) is 12.1 Å². The third kappa shape index (κ3) is 4.18. The third-order valence-electron chi connectivity index (χ3n) is 2.69. The lowest BCUT2D eigenvalue weighted by molar-refractivity contribution is -0.384. The molecule has 0 bridgehead atoms. The molecule has 7 heteroatoms. The summed E-state index contributed by atoms with van der Waals surface area (Å²) in [4.78, 5) is 10.3. The van der Waals surface area contributed by atoms with E-state index in [4.69, 9.17) is 23.2 Å². The van der Waals surface area contributed by atoms with Crippen LogP contribution < -0.4 is 5.43 Å². The molecule has 5 nitrogen and oxygen atoms in total. The molecule has 0 amide bonds. The molecule has 0 aliphatic carbocycles. The van der Waals surface area contributed by atoms with Crippen LogP contribution in [-0.4, -0.2) is 10.6 Å². The van der Waals surface area contributed by atoms with Crippen LogP contribution in [0.1, 0.15) is 12.5 Å². The highest BCUT2D eigenvalue weighted by Crippen LogP contribution is 2.22. The summed E-state index contributed by atoms with van der Waals surface area (Å²) in [5, 5.41) is 15.9. The van der Waals surface area contributed by atoms with Crippen LogP contribution >= 0.6 is 23.2 Å². The minimum absolute atomic E-state index is 0.0212. The molecular weight excluding hydrogens is 313 g/mol. The van der Waals surface area contributed by atoms with Gasteiger partial charge in [-0.2, -0.15) is 5.10 Å². The summed E-state index contributed by atoms with van der Waals surface area (Å²) in [5.74, 6) is 0. The molecule has 0 atom stereocenters. The summed E-state index contributed by atoms with van der Waals surface area (Å²) in [6.07, 6.45) is 0. The lowest BCUT2D eigenvalue weighted by Gasteiger charge is -2.05. The number of non-ortho nitro benzene ring substituents is 1. The highest BCUT2D eigenvalue weighted by Gasteiger charge is 2.07. The topological polar surface area (TPSA) is 67.5 Å². The second-order valence-corrected chi connectivity index (χ2v) is 5.15. The summed E-state index contributed by atoms with van der Waals surface area (Å²) < 4.78 is 0. The molecule has 2 aromatic rings. The smallest absolute Gasteiger partial charge is 0.270 e. The maximum Gasteiger partial charge on any atom is 0.270 e. The number of nitro groups is 1. The Kier molecular flexibility index (Phi) is 4.77. The minimum atomic E-state index is -0.444. The van der Waals surface area contributed by atoms with Gasteiger partial charge in [-0.3, -0.25) is 15.5 Å². The zero-order valence-corrected chi connectivity index (χ0v) is 12.5. The molecule has 0 unspecified atom stereocenters. The highest BCUT2D eigenvalue weighted by molar-refractivity contribution is 6.35. The molecule has 0 aliphatic heterocycles. The lowest BCUT2D eigenvalue weighted by atomic mass is 10.1. The van der Waals surface area contributed by atoms with E-state index in [1.807, 2.05) is 0 Å². The number of hydrazone groups is 1. The number of benzene rings is 2. The van der Waals surface area contributed by atoms with Gasteiger partial charge in [0.05, 0.1) is 16.3 Å². The normalized spacial score (nSPS) is 11.3. The third-order valence-corrected chi connectivity index (χ3v) is 3.13. The molecule has 0 saturated carbocycles. The fourth-order valence-corrected chi connectivity index (χ4v) is 2.20. The van der Waals surface area contributed by atoms with Crippen LogP contribution in [0.3, 0.4) is 0 Å². The Morgan fingerprint density at radius 1 is 1.19 bits per heavy atom. The largest absolute Gasteiger partial charge is 0.278 e. The van der Waals surface area contributed by atoms with Crippen molar-refractivity contribution in [3.8, 4) is 0 Å². The van der Waals surface area contributed by atoms with E-state index in [9.17, 15) is 10.1 Å². The number of nitro benzene ring substituents is 1. The van der Waals surface area contributed by atoms with Gasteiger partial charge in [-0.1, -0.05) is 35.3 Å². The Morgan fingerprint density at radius 3 is 2.48 bits per heavy atom. The first-order valence-corrected chi connectivity index (χ1v) is 6.72. The highest BCUT2D eigenvalue weighted by atomic mass is 35.5. The number of anilines is 1. The van der Waals surface area contributed by atoms with Gasteiger partial charge in [0.1, 0.15) is 0 Å². The average molecular weight is 324 g/mol. The Balaban J connectivity index is 2.21. The van der Waals surface area contributed by atoms with Gasteiger partial charge in [0, 0.05) is 27.7 Å². The van der Waals surface area contributed by atoms with Crippen molar-refractivity contribution >= 4 is 40.3 Å². The molecule has 0 radical (unpaired) electrons. The molecule has 108 valence electrons. The van der Waals surface area contributed by atoms with Crippen molar-refractivity contribution in [3.63, 3.8) is 0 Å². The van der Waals surface area contributed by atoms with Crippen molar-refractivity contribution in [2.75, 3.05) is 5.43 Å². The standard InChI is InChI=1S/C14H11Cl2N3O2/c1-9(10-3-2-4-14(5-10)19(20)21)17-18-13-7-11(15)6-12(16)8-13/h2-8,18H,1H3/b17-9-. The van der Waals surface area contributed by atoms with Crippen LogP contribution in [-0.2, 0) is 0 Å². The number of nitrogens with one attached hydrogen (secondary N) is 1. The van der Waals surface area contributed by atoms with Crippen molar-refractivity contribution in [2.24, 2.45) is 5.10 Å². The molecule has 2 rings (SSSR count). The van der Waals surface area contributed by atoms with E-state index >= 15 is 0 Å². The van der Waals surface area contributed by atoms with Crippen LogP contribution in [0.4, 0.5) is 11.4 Å². The summed E-state index contributed by atoms with van der Waals surface area (Å²) in [7, 11) is 0. The lowest BCUT2D eigenvalue weighted by Crippen LogP contribution is -2.00. The summed E-state index contributed by atoms with van der Waals surface area (Å²) in [5.41, 5.74) is 4.74. The van der Waals surface area contributed by atoms with Gasteiger partial charge in [-0.05, 0) is 25.1 Å². The van der Waals surface area contributed by atoms with E-state index in [0.717, 1.165) is 0 Å². The summed E-state index contributed by atoms with van der Waals surface area (Å²) in [6.45, 7) is 1.75. The maximum atomic E-state index is 10.8. The number of hydrogen-bond donors (Lipinski definition) is 1. The molecule has 0 fully saturated rings. The second-order valence-electron chi connectivity index (χ2n) is 4.27. The van der Waals surface area contributed by atoms with Crippen molar-refractivity contribution in [2.45, 2.75) is 6.92 Å². The zero-order valence-electron chi connectivity index (χ0n) is 11.0. The predicted molar refractivity (Wildman–Crippen MR) is 85.4 cm³/mol. The number of hydrogen-bond acceptors (Lipinski definition) is 4. The monoisotopic (exact) mass is 323 g/mol. The molecule has 21 heavy (non-hydrogen) atoms. The van der Waals surface area contributed by atoms with Crippen LogP contribution in [0.15, 0.2) is 47.6 Å². The van der Waals surface area contributed by atoms with Crippen molar-refractivity contribution in [1.29, 1.82) is 0 Å². The molecule has 0 aliphatic rings. The predicted octanol–water partition coefficient (Wildman–Crippen LogP) is 4.74. The Morgan fingerprint density at radius 2 is 1.86 bits per heavy atom. The zero-order chi connectivity index (χ0) is 15.4. The van der Waals surface area contributed by atoms with Gasteiger partial charge >= 0.3 is 0 Å². The van der Waals surface area contributed by atoms with Crippen LogP contribution in [0.5, 0.6) is 0 Å². The molecule has 0 spiro atoms. The van der Waals surface area contributed by atoms with Crippen molar-refractivity contribution < 1.29 is 4.92 Å². The van der Waals surface area contributed by atoms with E-state index in [0.29, 0.717) is 27.0 Å². The second kappa shape index (κ2) is 6.56. The van der Waals surface area contributed by atoms with Crippen LogP contribution in [0.2, 0.25) is 10.0 Å². The Hall–Kier alpha value is -2.11. The average Bonchev–Trinajstić information content (AvgIpc) is 2.44. The quantitative estimate of drug-likeness (QED) is 0.502.